The van der Waals surface area contributed by atoms with Gasteiger partial charge in [0.1, 0.15) is 6.61 Å². The molecule has 0 spiro atoms. The summed E-state index contributed by atoms with van der Waals surface area (Å²) >= 11 is 0. The molecule has 0 unspecified atom stereocenters. The Balaban J connectivity index is 1.56. The average Bonchev–Trinajstić information content (AvgIpc) is 2.84. The summed E-state index contributed by atoms with van der Waals surface area (Å²) in [6, 6.07) is 19.7. The highest BCUT2D eigenvalue weighted by molar-refractivity contribution is 6.39. The molecule has 0 heterocycles. The monoisotopic (exact) mass is 488 g/mol. The summed E-state index contributed by atoms with van der Waals surface area (Å²) in [5.41, 5.74) is 6.02. The van der Waals surface area contributed by atoms with Crippen LogP contribution in [0.25, 0.3) is 0 Å². The first-order chi connectivity index (χ1) is 17.3. The number of carbonyl (C=O) groups is 3. The maximum atomic E-state index is 12.1. The second-order valence-electron chi connectivity index (χ2n) is 7.83. The molecular weight excluding hydrogens is 460 g/mol. The quantitative estimate of drug-likeness (QED) is 0.239. The summed E-state index contributed by atoms with van der Waals surface area (Å²) in [7, 11) is 0. The molecule has 9 heteroatoms. The van der Waals surface area contributed by atoms with E-state index < -0.39 is 11.8 Å². The van der Waals surface area contributed by atoms with Gasteiger partial charge in [-0.05, 0) is 67.4 Å². The van der Waals surface area contributed by atoms with Gasteiger partial charge in [-0.3, -0.25) is 14.4 Å². The first-order valence-corrected chi connectivity index (χ1v) is 11.3. The van der Waals surface area contributed by atoms with Gasteiger partial charge in [0.05, 0.1) is 12.8 Å². The predicted molar refractivity (Wildman–Crippen MR) is 138 cm³/mol. The van der Waals surface area contributed by atoms with Gasteiger partial charge < -0.3 is 20.1 Å². The van der Waals surface area contributed by atoms with Crippen molar-refractivity contribution < 1.29 is 23.9 Å². The standard InChI is InChI=1S/C27H28N4O5/c1-4-35-25-15-20(8-13-24(25)36-17-21-7-5-6-18(2)14-21)16-28-31-27(34)26(33)30-23-11-9-22(10-12-23)29-19(3)32/h5-16H,4,17H2,1-3H3,(H,29,32)(H,30,33)(H,31,34). The van der Waals surface area contributed by atoms with Crippen LogP contribution in [0.4, 0.5) is 11.4 Å². The third-order valence-electron chi connectivity index (χ3n) is 4.79. The van der Waals surface area contributed by atoms with Crippen LogP contribution in [0.5, 0.6) is 11.5 Å². The molecule has 0 fully saturated rings. The number of nitrogens with zero attached hydrogens (tertiary/aromatic N) is 1. The molecule has 186 valence electrons. The van der Waals surface area contributed by atoms with Gasteiger partial charge in [0.2, 0.25) is 5.91 Å². The van der Waals surface area contributed by atoms with Crippen LogP contribution < -0.4 is 25.5 Å². The zero-order valence-electron chi connectivity index (χ0n) is 20.3. The lowest BCUT2D eigenvalue weighted by molar-refractivity contribution is -0.136. The molecule has 3 aromatic carbocycles. The number of rotatable bonds is 9. The van der Waals surface area contributed by atoms with Crippen molar-refractivity contribution >= 4 is 35.3 Å². The zero-order chi connectivity index (χ0) is 25.9. The molecule has 0 radical (unpaired) electrons. The second-order valence-corrected chi connectivity index (χ2v) is 7.83. The smallest absolute Gasteiger partial charge is 0.329 e. The molecule has 3 rings (SSSR count). The molecular formula is C27H28N4O5. The van der Waals surface area contributed by atoms with Gasteiger partial charge in [-0.2, -0.15) is 5.10 Å². The summed E-state index contributed by atoms with van der Waals surface area (Å²) in [4.78, 5) is 35.3. The average molecular weight is 489 g/mol. The number of anilines is 2. The van der Waals surface area contributed by atoms with Crippen LogP contribution in [0.2, 0.25) is 0 Å². The van der Waals surface area contributed by atoms with E-state index in [9.17, 15) is 14.4 Å². The molecule has 0 aliphatic rings. The Bertz CT molecular complexity index is 1260. The Hall–Kier alpha value is -4.66. The third kappa shape index (κ3) is 7.98. The number of hydrogen-bond acceptors (Lipinski definition) is 6. The molecule has 3 amide bonds. The van der Waals surface area contributed by atoms with Crippen LogP contribution >= 0.6 is 0 Å². The van der Waals surface area contributed by atoms with Crippen LogP contribution in [0, 0.1) is 6.92 Å². The van der Waals surface area contributed by atoms with Crippen molar-refractivity contribution in [1.82, 2.24) is 5.43 Å². The number of ether oxygens (including phenoxy) is 2. The summed E-state index contributed by atoms with van der Waals surface area (Å²) in [5, 5.41) is 8.93. The van der Waals surface area contributed by atoms with Crippen molar-refractivity contribution in [2.45, 2.75) is 27.4 Å². The largest absolute Gasteiger partial charge is 0.490 e. The van der Waals surface area contributed by atoms with E-state index in [0.717, 1.165) is 11.1 Å². The zero-order valence-corrected chi connectivity index (χ0v) is 20.3. The van der Waals surface area contributed by atoms with Gasteiger partial charge in [0, 0.05) is 18.3 Å². The molecule has 0 aliphatic heterocycles. The van der Waals surface area contributed by atoms with Gasteiger partial charge in [-0.25, -0.2) is 5.43 Å². The number of nitrogens with one attached hydrogen (secondary N) is 3. The fourth-order valence-electron chi connectivity index (χ4n) is 3.20. The molecule has 0 aliphatic carbocycles. The van der Waals surface area contributed by atoms with E-state index in [1.807, 2.05) is 32.0 Å². The van der Waals surface area contributed by atoms with Gasteiger partial charge >= 0.3 is 11.8 Å². The van der Waals surface area contributed by atoms with Gasteiger partial charge in [0.15, 0.2) is 11.5 Å². The highest BCUT2D eigenvalue weighted by Crippen LogP contribution is 2.29. The van der Waals surface area contributed by atoms with E-state index in [1.165, 1.54) is 13.1 Å². The maximum Gasteiger partial charge on any atom is 0.329 e. The first kappa shape index (κ1) is 26.0. The van der Waals surface area contributed by atoms with Crippen LogP contribution in [0.3, 0.4) is 0 Å². The molecule has 0 atom stereocenters. The van der Waals surface area contributed by atoms with Crippen molar-refractivity contribution in [3.8, 4) is 11.5 Å². The number of aryl methyl sites for hydroxylation is 1. The minimum absolute atomic E-state index is 0.207. The predicted octanol–water partition coefficient (Wildman–Crippen LogP) is 4.02. The lowest BCUT2D eigenvalue weighted by Crippen LogP contribution is -2.32. The Morgan fingerprint density at radius 2 is 1.58 bits per heavy atom. The van der Waals surface area contributed by atoms with Gasteiger partial charge in [-0.15, -0.1) is 0 Å². The molecule has 0 bridgehead atoms. The van der Waals surface area contributed by atoms with E-state index in [0.29, 0.717) is 41.7 Å². The van der Waals surface area contributed by atoms with Crippen molar-refractivity contribution in [3.63, 3.8) is 0 Å². The third-order valence-corrected chi connectivity index (χ3v) is 4.79. The number of hydrazone groups is 1. The summed E-state index contributed by atoms with van der Waals surface area (Å²) in [5.74, 6) is -0.888. The second kappa shape index (κ2) is 12.7. The fraction of sp³-hybridized carbons (Fsp3) is 0.185. The van der Waals surface area contributed by atoms with Crippen molar-refractivity contribution in [2.24, 2.45) is 5.10 Å². The lowest BCUT2D eigenvalue weighted by atomic mass is 10.1. The highest BCUT2D eigenvalue weighted by Gasteiger charge is 2.13. The Labute approximate surface area is 209 Å². The van der Waals surface area contributed by atoms with E-state index in [1.54, 1.807) is 42.5 Å². The van der Waals surface area contributed by atoms with Crippen LogP contribution in [-0.2, 0) is 21.0 Å². The molecule has 3 aromatic rings. The topological polar surface area (TPSA) is 118 Å². The van der Waals surface area contributed by atoms with Crippen LogP contribution in [0.1, 0.15) is 30.5 Å². The van der Waals surface area contributed by atoms with Crippen molar-refractivity contribution in [2.75, 3.05) is 17.2 Å². The maximum absolute atomic E-state index is 12.1. The number of amides is 3. The fourth-order valence-corrected chi connectivity index (χ4v) is 3.20. The highest BCUT2D eigenvalue weighted by atomic mass is 16.5. The van der Waals surface area contributed by atoms with E-state index >= 15 is 0 Å². The minimum Gasteiger partial charge on any atom is -0.490 e. The Morgan fingerprint density at radius 3 is 2.25 bits per heavy atom. The normalized spacial score (nSPS) is 10.5. The van der Waals surface area contributed by atoms with Gasteiger partial charge in [0.25, 0.3) is 0 Å². The number of carbonyl (C=O) groups excluding carboxylic acids is 3. The lowest BCUT2D eigenvalue weighted by Gasteiger charge is -2.13. The van der Waals surface area contributed by atoms with Crippen molar-refractivity contribution in [1.29, 1.82) is 0 Å². The summed E-state index contributed by atoms with van der Waals surface area (Å²) in [6.45, 7) is 6.14. The van der Waals surface area contributed by atoms with E-state index in [-0.39, 0.29) is 5.91 Å². The Kier molecular flexibility index (Phi) is 9.16. The number of benzene rings is 3. The van der Waals surface area contributed by atoms with E-state index in [4.69, 9.17) is 9.47 Å². The van der Waals surface area contributed by atoms with Crippen LogP contribution in [-0.4, -0.2) is 30.5 Å². The van der Waals surface area contributed by atoms with Crippen LogP contribution in [0.15, 0.2) is 71.8 Å². The molecule has 0 aromatic heterocycles. The first-order valence-electron chi connectivity index (χ1n) is 11.3. The SMILES string of the molecule is CCOc1cc(C=NNC(=O)C(=O)Nc2ccc(NC(C)=O)cc2)ccc1OCc1cccc(C)c1. The molecule has 9 nitrogen and oxygen atoms in total. The summed E-state index contributed by atoms with van der Waals surface area (Å²) < 4.78 is 11.6. The van der Waals surface area contributed by atoms with E-state index in [2.05, 4.69) is 27.2 Å². The summed E-state index contributed by atoms with van der Waals surface area (Å²) in [6.07, 6.45) is 1.40. The van der Waals surface area contributed by atoms with Crippen molar-refractivity contribution in [3.05, 3.63) is 83.4 Å². The molecule has 0 saturated carbocycles. The molecule has 0 saturated heterocycles. The Morgan fingerprint density at radius 1 is 0.861 bits per heavy atom. The van der Waals surface area contributed by atoms with Gasteiger partial charge in [-0.1, -0.05) is 29.8 Å². The minimum atomic E-state index is -0.930. The number of hydrogen-bond donors (Lipinski definition) is 3. The molecule has 36 heavy (non-hydrogen) atoms. The molecule has 3 N–H and O–H groups in total.